The lowest BCUT2D eigenvalue weighted by molar-refractivity contribution is -0.138. The fraction of sp³-hybridized carbons (Fsp3) is 0.579. The summed E-state index contributed by atoms with van der Waals surface area (Å²) in [5.41, 5.74) is 2.18. The third-order valence-corrected chi connectivity index (χ3v) is 4.54. The summed E-state index contributed by atoms with van der Waals surface area (Å²) in [7, 11) is 1.67. The molecule has 5 nitrogen and oxygen atoms in total. The van der Waals surface area contributed by atoms with Crippen LogP contribution in [0.1, 0.15) is 37.8 Å². The monoisotopic (exact) mass is 332 g/mol. The van der Waals surface area contributed by atoms with Gasteiger partial charge in [-0.1, -0.05) is 38.1 Å². The maximum atomic E-state index is 12.4. The van der Waals surface area contributed by atoms with Crippen LogP contribution in [0.3, 0.4) is 0 Å². The molecule has 2 amide bonds. The lowest BCUT2D eigenvalue weighted by Crippen LogP contribution is -2.44. The summed E-state index contributed by atoms with van der Waals surface area (Å²) >= 11 is 0. The van der Waals surface area contributed by atoms with Crippen LogP contribution in [0.15, 0.2) is 24.3 Å². The van der Waals surface area contributed by atoms with E-state index in [9.17, 15) is 9.59 Å². The van der Waals surface area contributed by atoms with Gasteiger partial charge < -0.3 is 15.0 Å². The summed E-state index contributed by atoms with van der Waals surface area (Å²) in [4.78, 5) is 26.3. The Kier molecular flexibility index (Phi) is 6.79. The molecular formula is C19H28N2O3. The number of rotatable bonds is 6. The van der Waals surface area contributed by atoms with Crippen molar-refractivity contribution in [3.63, 3.8) is 0 Å². The highest BCUT2D eigenvalue weighted by atomic mass is 16.5. The number of piperidine rings is 1. The molecule has 1 aliphatic heterocycles. The molecule has 1 heterocycles. The van der Waals surface area contributed by atoms with Crippen LogP contribution in [0.2, 0.25) is 0 Å². The zero-order valence-corrected chi connectivity index (χ0v) is 14.9. The lowest BCUT2D eigenvalue weighted by Gasteiger charge is -2.32. The number of ether oxygens (including phenoxy) is 1. The summed E-state index contributed by atoms with van der Waals surface area (Å²) < 4.78 is 5.19. The first-order chi connectivity index (χ1) is 11.5. The average molecular weight is 332 g/mol. The summed E-state index contributed by atoms with van der Waals surface area (Å²) in [5.74, 6) is 0.282. The van der Waals surface area contributed by atoms with Gasteiger partial charge in [-0.15, -0.1) is 0 Å². The maximum absolute atomic E-state index is 12.4. The molecule has 0 aliphatic carbocycles. The van der Waals surface area contributed by atoms with E-state index in [4.69, 9.17) is 4.74 Å². The molecule has 24 heavy (non-hydrogen) atoms. The largest absolute Gasteiger partial charge is 0.380 e. The van der Waals surface area contributed by atoms with Crippen molar-refractivity contribution in [2.24, 2.45) is 11.8 Å². The number of likely N-dealkylation sites (tertiary alicyclic amines) is 1. The lowest BCUT2D eigenvalue weighted by atomic mass is 9.95. The van der Waals surface area contributed by atoms with E-state index in [1.807, 2.05) is 43.0 Å². The van der Waals surface area contributed by atoms with Crippen molar-refractivity contribution < 1.29 is 14.3 Å². The number of hydrogen-bond donors (Lipinski definition) is 1. The normalized spacial score (nSPS) is 15.6. The quantitative estimate of drug-likeness (QED) is 0.870. The molecular weight excluding hydrogens is 304 g/mol. The van der Waals surface area contributed by atoms with Gasteiger partial charge in [0.25, 0.3) is 0 Å². The van der Waals surface area contributed by atoms with Crippen molar-refractivity contribution in [3.8, 4) is 0 Å². The third kappa shape index (κ3) is 4.81. The highest BCUT2D eigenvalue weighted by Gasteiger charge is 2.28. The first kappa shape index (κ1) is 18.5. The van der Waals surface area contributed by atoms with Gasteiger partial charge in [-0.05, 0) is 24.0 Å². The Morgan fingerprint density at radius 1 is 1.21 bits per heavy atom. The first-order valence-electron chi connectivity index (χ1n) is 8.65. The van der Waals surface area contributed by atoms with Crippen molar-refractivity contribution in [1.82, 2.24) is 10.2 Å². The number of benzene rings is 1. The molecule has 0 atom stereocenters. The second-order valence-electron chi connectivity index (χ2n) is 6.67. The van der Waals surface area contributed by atoms with Crippen molar-refractivity contribution in [3.05, 3.63) is 35.4 Å². The smallest absolute Gasteiger partial charge is 0.225 e. The van der Waals surface area contributed by atoms with Gasteiger partial charge in [-0.25, -0.2) is 0 Å². The second kappa shape index (κ2) is 8.83. The number of hydrogen-bond acceptors (Lipinski definition) is 3. The van der Waals surface area contributed by atoms with Gasteiger partial charge in [-0.2, -0.15) is 0 Å². The van der Waals surface area contributed by atoms with Gasteiger partial charge in [0, 0.05) is 38.6 Å². The van der Waals surface area contributed by atoms with E-state index in [1.54, 1.807) is 7.11 Å². The molecule has 1 aromatic rings. The highest BCUT2D eigenvalue weighted by molar-refractivity contribution is 5.80. The molecule has 0 unspecified atom stereocenters. The number of amides is 2. The molecule has 0 aromatic heterocycles. The van der Waals surface area contributed by atoms with Gasteiger partial charge in [0.2, 0.25) is 11.8 Å². The van der Waals surface area contributed by atoms with E-state index >= 15 is 0 Å². The maximum Gasteiger partial charge on any atom is 0.225 e. The Hall–Kier alpha value is -1.88. The van der Waals surface area contributed by atoms with E-state index in [0.29, 0.717) is 26.2 Å². The minimum atomic E-state index is -0.00389. The molecule has 1 fully saturated rings. The van der Waals surface area contributed by atoms with Crippen LogP contribution >= 0.6 is 0 Å². The molecule has 1 saturated heterocycles. The Morgan fingerprint density at radius 3 is 2.42 bits per heavy atom. The number of nitrogens with one attached hydrogen (secondary N) is 1. The Morgan fingerprint density at radius 2 is 1.83 bits per heavy atom. The Labute approximate surface area is 144 Å². The fourth-order valence-corrected chi connectivity index (χ4v) is 3.08. The van der Waals surface area contributed by atoms with Crippen LogP contribution in [0.4, 0.5) is 0 Å². The van der Waals surface area contributed by atoms with E-state index in [2.05, 4.69) is 5.32 Å². The molecule has 1 aromatic carbocycles. The van der Waals surface area contributed by atoms with Crippen LogP contribution in [-0.2, 0) is 27.5 Å². The zero-order chi connectivity index (χ0) is 17.5. The standard InChI is InChI=1S/C19H28N2O3/c1-14(2)19(23)21-10-8-15(9-11-21)18(22)20-12-16-6-4-5-7-17(16)13-24-3/h4-7,14-15H,8-13H2,1-3H3,(H,20,22). The SMILES string of the molecule is COCc1ccccc1CNC(=O)C1CCN(C(=O)C(C)C)CC1. The molecule has 0 spiro atoms. The topological polar surface area (TPSA) is 58.6 Å². The average Bonchev–Trinajstić information content (AvgIpc) is 2.60. The molecule has 1 N–H and O–H groups in total. The van der Waals surface area contributed by atoms with Gasteiger partial charge in [-0.3, -0.25) is 9.59 Å². The van der Waals surface area contributed by atoms with Crippen LogP contribution in [0.5, 0.6) is 0 Å². The van der Waals surface area contributed by atoms with Gasteiger partial charge in [0.1, 0.15) is 0 Å². The van der Waals surface area contributed by atoms with E-state index in [-0.39, 0.29) is 23.7 Å². The minimum absolute atomic E-state index is 0.00389. The molecule has 132 valence electrons. The first-order valence-corrected chi connectivity index (χ1v) is 8.65. The molecule has 2 rings (SSSR count). The Bertz CT molecular complexity index is 563. The number of carbonyl (C=O) groups excluding carboxylic acids is 2. The minimum Gasteiger partial charge on any atom is -0.380 e. The fourth-order valence-electron chi connectivity index (χ4n) is 3.08. The predicted octanol–water partition coefficient (Wildman–Crippen LogP) is 2.34. The second-order valence-corrected chi connectivity index (χ2v) is 6.67. The summed E-state index contributed by atoms with van der Waals surface area (Å²) in [5, 5.41) is 3.04. The van der Waals surface area contributed by atoms with Crippen molar-refractivity contribution in [1.29, 1.82) is 0 Å². The van der Waals surface area contributed by atoms with Gasteiger partial charge >= 0.3 is 0 Å². The molecule has 0 radical (unpaired) electrons. The summed E-state index contributed by atoms with van der Waals surface area (Å²) in [6, 6.07) is 7.97. The van der Waals surface area contributed by atoms with Gasteiger partial charge in [0.15, 0.2) is 0 Å². The highest BCUT2D eigenvalue weighted by Crippen LogP contribution is 2.19. The van der Waals surface area contributed by atoms with Crippen LogP contribution in [0.25, 0.3) is 0 Å². The van der Waals surface area contributed by atoms with Crippen molar-refractivity contribution in [2.45, 2.75) is 39.8 Å². The Balaban J connectivity index is 1.83. The van der Waals surface area contributed by atoms with Crippen molar-refractivity contribution in [2.75, 3.05) is 20.2 Å². The molecule has 0 saturated carbocycles. The van der Waals surface area contributed by atoms with Crippen molar-refractivity contribution >= 4 is 11.8 Å². The number of methoxy groups -OCH3 is 1. The van der Waals surface area contributed by atoms with E-state index < -0.39 is 0 Å². The summed E-state index contributed by atoms with van der Waals surface area (Å²) in [6.45, 7) is 6.24. The van der Waals surface area contributed by atoms with Gasteiger partial charge in [0.05, 0.1) is 6.61 Å². The van der Waals surface area contributed by atoms with Crippen LogP contribution in [0, 0.1) is 11.8 Å². The van der Waals surface area contributed by atoms with Crippen LogP contribution < -0.4 is 5.32 Å². The van der Waals surface area contributed by atoms with E-state index in [0.717, 1.165) is 24.0 Å². The number of carbonyl (C=O) groups is 2. The third-order valence-electron chi connectivity index (χ3n) is 4.54. The molecule has 0 bridgehead atoms. The van der Waals surface area contributed by atoms with E-state index in [1.165, 1.54) is 0 Å². The molecule has 1 aliphatic rings. The zero-order valence-electron chi connectivity index (χ0n) is 14.9. The number of nitrogens with zero attached hydrogens (tertiary/aromatic N) is 1. The van der Waals surface area contributed by atoms with Crippen LogP contribution in [-0.4, -0.2) is 36.9 Å². The molecule has 5 heteroatoms. The summed E-state index contributed by atoms with van der Waals surface area (Å²) in [6.07, 6.45) is 1.48. The predicted molar refractivity (Wildman–Crippen MR) is 93.1 cm³/mol.